The molecule has 90 valence electrons. The van der Waals surface area contributed by atoms with E-state index in [1.165, 1.54) is 0 Å². The molecule has 0 spiro atoms. The second kappa shape index (κ2) is 4.02. The Hall–Kier alpha value is -1.15. The summed E-state index contributed by atoms with van der Waals surface area (Å²) in [5, 5.41) is 0. The van der Waals surface area contributed by atoms with Gasteiger partial charge >= 0.3 is 0 Å². The molecule has 0 aliphatic carbocycles. The molecule has 0 unspecified atom stereocenters. The molecule has 0 saturated heterocycles. The molecule has 0 aliphatic heterocycles. The van der Waals surface area contributed by atoms with Crippen LogP contribution in [0.15, 0.2) is 11.0 Å². The monoisotopic (exact) mass is 257 g/mol. The lowest BCUT2D eigenvalue weighted by Gasteiger charge is -2.13. The zero-order valence-corrected chi connectivity index (χ0v) is 9.08. The Kier molecular flexibility index (Phi) is 3.25. The minimum Gasteiger partial charge on any atom is -0.207 e. The van der Waals surface area contributed by atoms with E-state index >= 15 is 0 Å². The number of sulfonamides is 1. The van der Waals surface area contributed by atoms with E-state index in [0.29, 0.717) is 4.31 Å². The van der Waals surface area contributed by atoms with E-state index in [1.807, 2.05) is 0 Å². The van der Waals surface area contributed by atoms with Crippen molar-refractivity contribution in [3.05, 3.63) is 29.3 Å². The maximum Gasteiger partial charge on any atom is 0.248 e. The largest absolute Gasteiger partial charge is 0.248 e. The molecule has 0 fully saturated rings. The van der Waals surface area contributed by atoms with Crippen LogP contribution in [-0.2, 0) is 10.0 Å². The fraction of sp³-hybridized carbons (Fsp3) is 0.250. The summed E-state index contributed by atoms with van der Waals surface area (Å²) in [4.78, 5) is -1.63. The number of halogens is 4. The molecule has 0 saturated carbocycles. The van der Waals surface area contributed by atoms with Gasteiger partial charge in [0.05, 0.1) is 0 Å². The minimum absolute atomic E-state index is 0.0562. The number of benzene rings is 1. The third kappa shape index (κ3) is 1.90. The summed E-state index contributed by atoms with van der Waals surface area (Å²) in [6.45, 7) is 0. The Morgan fingerprint density at radius 2 is 1.38 bits per heavy atom. The topological polar surface area (TPSA) is 37.4 Å². The molecule has 0 radical (unpaired) electrons. The lowest BCUT2D eigenvalue weighted by molar-refractivity contribution is 0.411. The molecule has 0 amide bonds. The van der Waals surface area contributed by atoms with Crippen molar-refractivity contribution in [2.24, 2.45) is 0 Å². The quantitative estimate of drug-likeness (QED) is 0.594. The summed E-state index contributed by atoms with van der Waals surface area (Å²) < 4.78 is 75.0. The van der Waals surface area contributed by atoms with E-state index in [0.717, 1.165) is 14.1 Å². The first-order chi connectivity index (χ1) is 7.19. The van der Waals surface area contributed by atoms with Gasteiger partial charge in [-0.15, -0.1) is 0 Å². The van der Waals surface area contributed by atoms with Crippen LogP contribution in [0.1, 0.15) is 0 Å². The van der Waals surface area contributed by atoms with Crippen LogP contribution < -0.4 is 0 Å². The van der Waals surface area contributed by atoms with Gasteiger partial charge in [0.25, 0.3) is 0 Å². The maximum absolute atomic E-state index is 13.1. The van der Waals surface area contributed by atoms with Gasteiger partial charge in [0.1, 0.15) is 0 Å². The highest BCUT2D eigenvalue weighted by Gasteiger charge is 2.31. The van der Waals surface area contributed by atoms with Crippen molar-refractivity contribution >= 4 is 10.0 Å². The van der Waals surface area contributed by atoms with Crippen molar-refractivity contribution in [2.75, 3.05) is 14.1 Å². The summed E-state index contributed by atoms with van der Waals surface area (Å²) >= 11 is 0. The first-order valence-electron chi connectivity index (χ1n) is 3.95. The van der Waals surface area contributed by atoms with Crippen LogP contribution in [0.2, 0.25) is 0 Å². The van der Waals surface area contributed by atoms with Gasteiger partial charge in [0.15, 0.2) is 28.2 Å². The van der Waals surface area contributed by atoms with Gasteiger partial charge in [-0.1, -0.05) is 0 Å². The molecule has 0 bridgehead atoms. The molecular weight excluding hydrogens is 250 g/mol. The standard InChI is InChI=1S/C8H7F4NO2S/c1-13(2)16(14,15)8-6(11)4(9)3-5(10)7(8)12/h3H,1-2H3. The molecule has 1 aromatic carbocycles. The molecule has 0 aliphatic rings. The average Bonchev–Trinajstić information content (AvgIpc) is 2.14. The molecule has 16 heavy (non-hydrogen) atoms. The van der Waals surface area contributed by atoms with Crippen LogP contribution in [0.4, 0.5) is 17.6 Å². The zero-order valence-electron chi connectivity index (χ0n) is 8.26. The van der Waals surface area contributed by atoms with Gasteiger partial charge in [0, 0.05) is 20.2 Å². The molecule has 8 heteroatoms. The van der Waals surface area contributed by atoms with Crippen molar-refractivity contribution in [3.63, 3.8) is 0 Å². The third-order valence-corrected chi connectivity index (χ3v) is 3.65. The summed E-state index contributed by atoms with van der Waals surface area (Å²) in [5.74, 6) is -7.40. The number of nitrogens with zero attached hydrogens (tertiary/aromatic N) is 1. The lowest BCUT2D eigenvalue weighted by Crippen LogP contribution is -2.25. The predicted octanol–water partition coefficient (Wildman–Crippen LogP) is 1.49. The van der Waals surface area contributed by atoms with Crippen LogP contribution in [0.5, 0.6) is 0 Å². The fourth-order valence-electron chi connectivity index (χ4n) is 0.960. The second-order valence-electron chi connectivity index (χ2n) is 3.08. The molecule has 0 N–H and O–H groups in total. The van der Waals surface area contributed by atoms with Gasteiger partial charge in [-0.05, 0) is 0 Å². The molecule has 0 aromatic heterocycles. The van der Waals surface area contributed by atoms with Crippen molar-refractivity contribution in [2.45, 2.75) is 4.90 Å². The van der Waals surface area contributed by atoms with E-state index < -0.39 is 38.2 Å². The van der Waals surface area contributed by atoms with Crippen molar-refractivity contribution in [1.82, 2.24) is 4.31 Å². The molecule has 0 heterocycles. The second-order valence-corrected chi connectivity index (χ2v) is 5.17. The van der Waals surface area contributed by atoms with Crippen LogP contribution in [0.25, 0.3) is 0 Å². The Morgan fingerprint density at radius 1 is 1.00 bits per heavy atom. The smallest absolute Gasteiger partial charge is 0.207 e. The van der Waals surface area contributed by atoms with Crippen LogP contribution in [0, 0.1) is 23.3 Å². The highest BCUT2D eigenvalue weighted by atomic mass is 32.2. The highest BCUT2D eigenvalue weighted by Crippen LogP contribution is 2.25. The molecule has 3 nitrogen and oxygen atoms in total. The highest BCUT2D eigenvalue weighted by molar-refractivity contribution is 7.89. The van der Waals surface area contributed by atoms with Gasteiger partial charge in [-0.2, -0.15) is 0 Å². The Labute approximate surface area is 89.3 Å². The molecule has 0 atom stereocenters. The third-order valence-electron chi connectivity index (χ3n) is 1.81. The average molecular weight is 257 g/mol. The molecule has 1 rings (SSSR count). The predicted molar refractivity (Wildman–Crippen MR) is 47.1 cm³/mol. The van der Waals surface area contributed by atoms with Gasteiger partial charge < -0.3 is 0 Å². The van der Waals surface area contributed by atoms with Gasteiger partial charge in [-0.25, -0.2) is 30.3 Å². The van der Waals surface area contributed by atoms with E-state index in [-0.39, 0.29) is 6.07 Å². The summed E-state index contributed by atoms with van der Waals surface area (Å²) in [6, 6.07) is -0.0562. The number of rotatable bonds is 2. The minimum atomic E-state index is -4.58. The van der Waals surface area contributed by atoms with Gasteiger partial charge in [0.2, 0.25) is 10.0 Å². The van der Waals surface area contributed by atoms with E-state index in [1.54, 1.807) is 0 Å². The maximum atomic E-state index is 13.1. The number of hydrogen-bond donors (Lipinski definition) is 0. The van der Waals surface area contributed by atoms with Crippen LogP contribution >= 0.6 is 0 Å². The fourth-order valence-corrected chi connectivity index (χ4v) is 1.97. The summed E-state index contributed by atoms with van der Waals surface area (Å²) in [7, 11) is -2.61. The van der Waals surface area contributed by atoms with Crippen molar-refractivity contribution in [3.8, 4) is 0 Å². The SMILES string of the molecule is CN(C)S(=O)(=O)c1c(F)c(F)cc(F)c1F. The first kappa shape index (κ1) is 12.9. The van der Waals surface area contributed by atoms with E-state index in [9.17, 15) is 26.0 Å². The van der Waals surface area contributed by atoms with Crippen molar-refractivity contribution in [1.29, 1.82) is 0 Å². The van der Waals surface area contributed by atoms with E-state index in [4.69, 9.17) is 0 Å². The van der Waals surface area contributed by atoms with E-state index in [2.05, 4.69) is 0 Å². The first-order valence-corrected chi connectivity index (χ1v) is 5.39. The Balaban J connectivity index is 3.70. The van der Waals surface area contributed by atoms with Crippen molar-refractivity contribution < 1.29 is 26.0 Å². The van der Waals surface area contributed by atoms with Crippen LogP contribution in [-0.4, -0.2) is 26.8 Å². The Morgan fingerprint density at radius 3 is 1.69 bits per heavy atom. The van der Waals surface area contributed by atoms with Crippen LogP contribution in [0.3, 0.4) is 0 Å². The molecular formula is C8H7F4NO2S. The molecule has 1 aromatic rings. The summed E-state index contributed by atoms with van der Waals surface area (Å²) in [5.41, 5.74) is 0. The van der Waals surface area contributed by atoms with Gasteiger partial charge in [-0.3, -0.25) is 0 Å². The zero-order chi connectivity index (χ0) is 12.7. The number of hydrogen-bond acceptors (Lipinski definition) is 2. The normalized spacial score (nSPS) is 12.2. The summed E-state index contributed by atoms with van der Waals surface area (Å²) in [6.07, 6.45) is 0. The lowest BCUT2D eigenvalue weighted by atomic mass is 10.3. The Bertz CT molecular complexity index is 501.